The molecule has 5 heteroatoms. The molecule has 0 spiro atoms. The Morgan fingerprint density at radius 1 is 1.31 bits per heavy atom. The number of aromatic nitrogens is 1. The molecule has 0 radical (unpaired) electrons. The van der Waals surface area contributed by atoms with E-state index in [1.807, 2.05) is 0 Å². The number of nitrogens with zero attached hydrogens (tertiary/aromatic N) is 1. The lowest BCUT2D eigenvalue weighted by Gasteiger charge is -2.07. The van der Waals surface area contributed by atoms with Crippen LogP contribution in [0.15, 0.2) is 4.52 Å². The molecule has 0 fully saturated rings. The van der Waals surface area contributed by atoms with Crippen molar-refractivity contribution in [2.75, 3.05) is 0 Å². The van der Waals surface area contributed by atoms with E-state index < -0.39 is 11.7 Å². The minimum atomic E-state index is -4.37. The first-order valence-electron chi connectivity index (χ1n) is 3.87. The second-order valence-corrected chi connectivity index (χ2v) is 3.15. The molecule has 0 aliphatic carbocycles. The zero-order valence-corrected chi connectivity index (χ0v) is 7.57. The number of hydrogen-bond donors (Lipinski definition) is 0. The number of alkyl halides is 3. The summed E-state index contributed by atoms with van der Waals surface area (Å²) >= 11 is 0. The Morgan fingerprint density at radius 2 is 1.85 bits per heavy atom. The van der Waals surface area contributed by atoms with Gasteiger partial charge < -0.3 is 4.52 Å². The molecule has 0 saturated carbocycles. The first-order valence-corrected chi connectivity index (χ1v) is 3.87. The standard InChI is InChI=1S/C8H10F3NO/c1-4(2)7-6(8(9,10)11)5(3)13-12-7/h4H,1-3H3. The zero-order chi connectivity index (χ0) is 10.2. The molecule has 0 aromatic carbocycles. The van der Waals surface area contributed by atoms with Crippen molar-refractivity contribution in [2.45, 2.75) is 32.9 Å². The molecule has 1 aromatic heterocycles. The number of rotatable bonds is 1. The molecule has 1 heterocycles. The van der Waals surface area contributed by atoms with Gasteiger partial charge in [-0.2, -0.15) is 13.2 Å². The molecular weight excluding hydrogens is 183 g/mol. The quantitative estimate of drug-likeness (QED) is 0.684. The minimum absolute atomic E-state index is 0.0231. The van der Waals surface area contributed by atoms with E-state index in [1.165, 1.54) is 6.92 Å². The third-order valence-electron chi connectivity index (χ3n) is 1.72. The highest BCUT2D eigenvalue weighted by atomic mass is 19.4. The molecule has 0 saturated heterocycles. The second-order valence-electron chi connectivity index (χ2n) is 3.15. The topological polar surface area (TPSA) is 26.0 Å². The predicted molar refractivity (Wildman–Crippen MR) is 40.3 cm³/mol. The molecule has 0 unspecified atom stereocenters. The van der Waals surface area contributed by atoms with Crippen LogP contribution in [0, 0.1) is 6.92 Å². The van der Waals surface area contributed by atoms with Crippen molar-refractivity contribution in [1.29, 1.82) is 0 Å². The van der Waals surface area contributed by atoms with Crippen LogP contribution in [-0.4, -0.2) is 5.16 Å². The fraction of sp³-hybridized carbons (Fsp3) is 0.625. The first-order chi connectivity index (χ1) is 5.84. The molecule has 1 rings (SSSR count). The SMILES string of the molecule is Cc1onc(C(C)C)c1C(F)(F)F. The van der Waals surface area contributed by atoms with Gasteiger partial charge in [0.1, 0.15) is 11.3 Å². The van der Waals surface area contributed by atoms with E-state index in [9.17, 15) is 13.2 Å². The van der Waals surface area contributed by atoms with Gasteiger partial charge in [0.15, 0.2) is 0 Å². The van der Waals surface area contributed by atoms with Crippen LogP contribution in [0.25, 0.3) is 0 Å². The third-order valence-corrected chi connectivity index (χ3v) is 1.72. The van der Waals surface area contributed by atoms with Gasteiger partial charge in [-0.25, -0.2) is 0 Å². The van der Waals surface area contributed by atoms with Gasteiger partial charge in [-0.1, -0.05) is 19.0 Å². The molecule has 0 amide bonds. The summed E-state index contributed by atoms with van der Waals surface area (Å²) in [6.07, 6.45) is -4.37. The van der Waals surface area contributed by atoms with Crippen molar-refractivity contribution in [3.05, 3.63) is 17.0 Å². The third kappa shape index (κ3) is 1.84. The molecule has 13 heavy (non-hydrogen) atoms. The average Bonchev–Trinajstić information content (AvgIpc) is 2.28. The van der Waals surface area contributed by atoms with Gasteiger partial charge in [0.05, 0.1) is 5.69 Å². The lowest BCUT2D eigenvalue weighted by atomic mass is 10.0. The van der Waals surface area contributed by atoms with Gasteiger partial charge in [0.25, 0.3) is 0 Å². The minimum Gasteiger partial charge on any atom is -0.361 e. The van der Waals surface area contributed by atoms with Crippen LogP contribution in [0.5, 0.6) is 0 Å². The molecule has 2 nitrogen and oxygen atoms in total. The van der Waals surface area contributed by atoms with Crippen LogP contribution in [-0.2, 0) is 6.18 Å². The lowest BCUT2D eigenvalue weighted by molar-refractivity contribution is -0.139. The van der Waals surface area contributed by atoms with E-state index in [0.29, 0.717) is 0 Å². The summed E-state index contributed by atoms with van der Waals surface area (Å²) in [5.41, 5.74) is -0.757. The normalized spacial score (nSPS) is 12.5. The van der Waals surface area contributed by atoms with E-state index in [2.05, 4.69) is 9.68 Å². The Labute approximate surface area is 73.7 Å². The van der Waals surface area contributed by atoms with Gasteiger partial charge in [-0.3, -0.25) is 0 Å². The van der Waals surface area contributed by atoms with Crippen LogP contribution < -0.4 is 0 Å². The van der Waals surface area contributed by atoms with E-state index in [4.69, 9.17) is 0 Å². The van der Waals surface area contributed by atoms with Crippen LogP contribution in [0.2, 0.25) is 0 Å². The Hall–Kier alpha value is -1.00. The van der Waals surface area contributed by atoms with Crippen molar-refractivity contribution >= 4 is 0 Å². The molecular formula is C8H10F3NO. The molecule has 0 aliphatic heterocycles. The maximum atomic E-state index is 12.4. The summed E-state index contributed by atoms with van der Waals surface area (Å²) in [6, 6.07) is 0. The Kier molecular flexibility index (Phi) is 2.36. The van der Waals surface area contributed by atoms with E-state index in [-0.39, 0.29) is 17.4 Å². The summed E-state index contributed by atoms with van der Waals surface area (Å²) < 4.78 is 41.7. The van der Waals surface area contributed by atoms with Gasteiger partial charge in [-0.05, 0) is 12.8 Å². The van der Waals surface area contributed by atoms with E-state index in [1.54, 1.807) is 13.8 Å². The van der Waals surface area contributed by atoms with Crippen LogP contribution >= 0.6 is 0 Å². The largest absolute Gasteiger partial charge is 0.421 e. The van der Waals surface area contributed by atoms with Crippen molar-refractivity contribution in [1.82, 2.24) is 5.16 Å². The van der Waals surface area contributed by atoms with E-state index >= 15 is 0 Å². The van der Waals surface area contributed by atoms with Crippen LogP contribution in [0.1, 0.15) is 36.8 Å². The van der Waals surface area contributed by atoms with Gasteiger partial charge >= 0.3 is 6.18 Å². The zero-order valence-electron chi connectivity index (χ0n) is 7.57. The van der Waals surface area contributed by atoms with Crippen molar-refractivity contribution < 1.29 is 17.7 Å². The Balaban J connectivity index is 3.25. The number of hydrogen-bond acceptors (Lipinski definition) is 2. The second kappa shape index (κ2) is 3.05. The molecule has 1 aromatic rings. The molecule has 74 valence electrons. The highest BCUT2D eigenvalue weighted by Crippen LogP contribution is 2.36. The average molecular weight is 193 g/mol. The smallest absolute Gasteiger partial charge is 0.361 e. The maximum absolute atomic E-state index is 12.4. The van der Waals surface area contributed by atoms with Crippen LogP contribution in [0.3, 0.4) is 0 Å². The fourth-order valence-corrected chi connectivity index (χ4v) is 1.13. The maximum Gasteiger partial charge on any atom is 0.421 e. The monoisotopic (exact) mass is 193 g/mol. The summed E-state index contributed by atoms with van der Waals surface area (Å²) in [4.78, 5) is 0. The highest BCUT2D eigenvalue weighted by Gasteiger charge is 2.39. The van der Waals surface area contributed by atoms with Gasteiger partial charge in [-0.15, -0.1) is 0 Å². The predicted octanol–water partition coefficient (Wildman–Crippen LogP) is 3.13. The first kappa shape index (κ1) is 10.1. The van der Waals surface area contributed by atoms with Crippen LogP contribution in [0.4, 0.5) is 13.2 Å². The lowest BCUT2D eigenvalue weighted by Crippen LogP contribution is -2.09. The fourth-order valence-electron chi connectivity index (χ4n) is 1.13. The summed E-state index contributed by atoms with van der Waals surface area (Å²) in [5.74, 6) is -0.453. The summed E-state index contributed by atoms with van der Waals surface area (Å²) in [5, 5.41) is 3.39. The molecule has 0 atom stereocenters. The van der Waals surface area contributed by atoms with E-state index in [0.717, 1.165) is 0 Å². The van der Waals surface area contributed by atoms with Gasteiger partial charge in [0.2, 0.25) is 0 Å². The highest BCUT2D eigenvalue weighted by molar-refractivity contribution is 5.27. The molecule has 0 N–H and O–H groups in total. The number of aryl methyl sites for hydroxylation is 1. The Morgan fingerprint density at radius 3 is 2.15 bits per heavy atom. The number of halogens is 3. The molecule has 0 aliphatic rings. The Bertz CT molecular complexity index is 301. The summed E-state index contributed by atoms with van der Waals surface area (Å²) in [7, 11) is 0. The summed E-state index contributed by atoms with van der Waals surface area (Å²) in [6.45, 7) is 4.56. The van der Waals surface area contributed by atoms with Crippen molar-refractivity contribution in [3.8, 4) is 0 Å². The van der Waals surface area contributed by atoms with Crippen molar-refractivity contribution in [3.63, 3.8) is 0 Å². The van der Waals surface area contributed by atoms with Crippen molar-refractivity contribution in [2.24, 2.45) is 0 Å². The molecule has 0 bridgehead atoms. The van der Waals surface area contributed by atoms with Gasteiger partial charge in [0, 0.05) is 0 Å².